The number of thioether (sulfide) groups is 1. The van der Waals surface area contributed by atoms with Gasteiger partial charge in [0.2, 0.25) is 0 Å². The van der Waals surface area contributed by atoms with Gasteiger partial charge in [-0.3, -0.25) is 4.90 Å². The van der Waals surface area contributed by atoms with Crippen LogP contribution >= 0.6 is 23.1 Å². The standard InChI is InChI=1S/C14H21NOS2/c1-12(8-10-17-3)15(2)11-14-7-6-13(18-14)5-4-9-16/h6-7,12,16H,8-11H2,1-3H3. The fraction of sp³-hybridized carbons (Fsp3) is 0.571. The van der Waals surface area contributed by atoms with Crippen molar-refractivity contribution in [2.45, 2.75) is 25.9 Å². The molecule has 0 bridgehead atoms. The minimum Gasteiger partial charge on any atom is -0.384 e. The van der Waals surface area contributed by atoms with E-state index in [2.05, 4.69) is 43.0 Å². The van der Waals surface area contributed by atoms with Gasteiger partial charge in [0.05, 0.1) is 4.88 Å². The van der Waals surface area contributed by atoms with Crippen LogP contribution < -0.4 is 0 Å². The predicted octanol–water partition coefficient (Wildman–Crippen LogP) is 2.67. The third-order valence-electron chi connectivity index (χ3n) is 2.85. The third kappa shape index (κ3) is 5.45. The van der Waals surface area contributed by atoms with E-state index >= 15 is 0 Å². The lowest BCUT2D eigenvalue weighted by atomic mass is 10.2. The second kappa shape index (κ2) is 8.60. The molecular weight excluding hydrogens is 262 g/mol. The molecule has 0 saturated heterocycles. The van der Waals surface area contributed by atoms with Crippen LogP contribution in [-0.4, -0.2) is 41.7 Å². The monoisotopic (exact) mass is 283 g/mol. The maximum absolute atomic E-state index is 8.66. The molecule has 0 saturated carbocycles. The maximum atomic E-state index is 8.66. The zero-order valence-electron chi connectivity index (χ0n) is 11.3. The number of aliphatic hydroxyl groups is 1. The fourth-order valence-electron chi connectivity index (χ4n) is 1.57. The lowest BCUT2D eigenvalue weighted by Gasteiger charge is -2.23. The van der Waals surface area contributed by atoms with E-state index in [-0.39, 0.29) is 6.61 Å². The minimum absolute atomic E-state index is 0.0706. The summed E-state index contributed by atoms with van der Waals surface area (Å²) in [6, 6.07) is 4.76. The summed E-state index contributed by atoms with van der Waals surface area (Å²) in [6.45, 7) is 3.18. The van der Waals surface area contributed by atoms with Crippen LogP contribution in [0, 0.1) is 11.8 Å². The SMILES string of the molecule is CSCCC(C)N(C)Cc1ccc(C#CCO)s1. The smallest absolute Gasteiger partial charge is 0.104 e. The Morgan fingerprint density at radius 3 is 2.94 bits per heavy atom. The van der Waals surface area contributed by atoms with E-state index in [1.165, 1.54) is 17.1 Å². The largest absolute Gasteiger partial charge is 0.384 e. The number of hydrogen-bond acceptors (Lipinski definition) is 4. The van der Waals surface area contributed by atoms with Crippen LogP contribution in [0.15, 0.2) is 12.1 Å². The van der Waals surface area contributed by atoms with Gasteiger partial charge in [0.1, 0.15) is 6.61 Å². The van der Waals surface area contributed by atoms with Gasteiger partial charge in [0.25, 0.3) is 0 Å². The van der Waals surface area contributed by atoms with Crippen molar-refractivity contribution in [3.05, 3.63) is 21.9 Å². The Balaban J connectivity index is 2.48. The highest BCUT2D eigenvalue weighted by Gasteiger charge is 2.10. The van der Waals surface area contributed by atoms with Gasteiger partial charge in [0, 0.05) is 17.5 Å². The number of rotatable bonds is 6. The molecule has 1 atom stereocenters. The van der Waals surface area contributed by atoms with Gasteiger partial charge in [-0.2, -0.15) is 11.8 Å². The van der Waals surface area contributed by atoms with E-state index in [9.17, 15) is 0 Å². The number of aliphatic hydroxyl groups excluding tert-OH is 1. The van der Waals surface area contributed by atoms with Crippen molar-refractivity contribution < 1.29 is 5.11 Å². The van der Waals surface area contributed by atoms with E-state index < -0.39 is 0 Å². The third-order valence-corrected chi connectivity index (χ3v) is 4.48. The van der Waals surface area contributed by atoms with Crippen LogP contribution in [0.5, 0.6) is 0 Å². The van der Waals surface area contributed by atoms with Gasteiger partial charge in [-0.1, -0.05) is 11.8 Å². The molecule has 0 radical (unpaired) electrons. The van der Waals surface area contributed by atoms with E-state index in [4.69, 9.17) is 5.11 Å². The van der Waals surface area contributed by atoms with E-state index in [1.807, 2.05) is 17.8 Å². The molecule has 1 aromatic rings. The second-order valence-electron chi connectivity index (χ2n) is 4.27. The maximum Gasteiger partial charge on any atom is 0.104 e. The molecule has 0 aliphatic rings. The van der Waals surface area contributed by atoms with Crippen LogP contribution in [0.2, 0.25) is 0 Å². The first-order valence-electron chi connectivity index (χ1n) is 6.05. The quantitative estimate of drug-likeness (QED) is 0.812. The van der Waals surface area contributed by atoms with Crippen molar-refractivity contribution in [3.8, 4) is 11.8 Å². The second-order valence-corrected chi connectivity index (χ2v) is 6.43. The van der Waals surface area contributed by atoms with E-state index in [1.54, 1.807) is 11.3 Å². The first-order valence-corrected chi connectivity index (χ1v) is 8.26. The molecule has 100 valence electrons. The zero-order valence-corrected chi connectivity index (χ0v) is 12.9. The molecule has 0 aliphatic carbocycles. The Labute approximate surface area is 118 Å². The van der Waals surface area contributed by atoms with Gasteiger partial charge in [-0.25, -0.2) is 0 Å². The number of hydrogen-bond donors (Lipinski definition) is 1. The molecule has 18 heavy (non-hydrogen) atoms. The fourth-order valence-corrected chi connectivity index (χ4v) is 3.09. The molecule has 0 aliphatic heterocycles. The lowest BCUT2D eigenvalue weighted by molar-refractivity contribution is 0.247. The number of nitrogens with zero attached hydrogens (tertiary/aromatic N) is 1. The van der Waals surface area contributed by atoms with Crippen molar-refractivity contribution in [1.29, 1.82) is 0 Å². The van der Waals surface area contributed by atoms with E-state index in [0.29, 0.717) is 6.04 Å². The molecule has 0 amide bonds. The van der Waals surface area contributed by atoms with Gasteiger partial charge in [-0.05, 0) is 44.5 Å². The van der Waals surface area contributed by atoms with Crippen LogP contribution in [0.25, 0.3) is 0 Å². The molecule has 1 heterocycles. The normalized spacial score (nSPS) is 12.3. The molecule has 2 nitrogen and oxygen atoms in total. The molecule has 0 aromatic carbocycles. The van der Waals surface area contributed by atoms with Crippen LogP contribution in [0.1, 0.15) is 23.1 Å². The van der Waals surface area contributed by atoms with Gasteiger partial charge in [0.15, 0.2) is 0 Å². The van der Waals surface area contributed by atoms with Crippen molar-refractivity contribution in [3.63, 3.8) is 0 Å². The summed E-state index contributed by atoms with van der Waals surface area (Å²) in [6.07, 6.45) is 3.37. The molecule has 1 unspecified atom stereocenters. The van der Waals surface area contributed by atoms with Crippen LogP contribution in [-0.2, 0) is 6.54 Å². The molecule has 0 fully saturated rings. The highest BCUT2D eigenvalue weighted by atomic mass is 32.2. The minimum atomic E-state index is -0.0706. The van der Waals surface area contributed by atoms with Crippen LogP contribution in [0.3, 0.4) is 0 Å². The summed E-state index contributed by atoms with van der Waals surface area (Å²) in [4.78, 5) is 4.74. The molecule has 0 spiro atoms. The zero-order chi connectivity index (χ0) is 13.4. The molecule has 1 N–H and O–H groups in total. The summed E-state index contributed by atoms with van der Waals surface area (Å²) in [5.41, 5.74) is 0. The van der Waals surface area contributed by atoms with Gasteiger partial charge >= 0.3 is 0 Å². The Kier molecular flexibility index (Phi) is 7.45. The number of thiophene rings is 1. The first-order chi connectivity index (χ1) is 8.67. The van der Waals surface area contributed by atoms with Gasteiger partial charge < -0.3 is 5.11 Å². The Morgan fingerprint density at radius 1 is 1.50 bits per heavy atom. The first kappa shape index (κ1) is 15.6. The van der Waals surface area contributed by atoms with E-state index in [0.717, 1.165) is 11.4 Å². The summed E-state index contributed by atoms with van der Waals surface area (Å²) in [7, 11) is 2.17. The lowest BCUT2D eigenvalue weighted by Crippen LogP contribution is -2.28. The summed E-state index contributed by atoms with van der Waals surface area (Å²) in [5, 5.41) is 8.66. The average Bonchev–Trinajstić information content (AvgIpc) is 2.80. The average molecular weight is 283 g/mol. The van der Waals surface area contributed by atoms with Crippen molar-refractivity contribution in [2.24, 2.45) is 0 Å². The van der Waals surface area contributed by atoms with Crippen molar-refractivity contribution >= 4 is 23.1 Å². The molecule has 1 rings (SSSR count). The van der Waals surface area contributed by atoms with Gasteiger partial charge in [-0.15, -0.1) is 11.3 Å². The van der Waals surface area contributed by atoms with Crippen molar-refractivity contribution in [2.75, 3.05) is 25.7 Å². The Morgan fingerprint density at radius 2 is 2.28 bits per heavy atom. The highest BCUT2D eigenvalue weighted by Crippen LogP contribution is 2.18. The Hall–Kier alpha value is -0.470. The Bertz CT molecular complexity index is 405. The summed E-state index contributed by atoms with van der Waals surface area (Å²) in [5.74, 6) is 6.84. The van der Waals surface area contributed by atoms with Crippen molar-refractivity contribution in [1.82, 2.24) is 4.90 Å². The van der Waals surface area contributed by atoms with Crippen LogP contribution in [0.4, 0.5) is 0 Å². The highest BCUT2D eigenvalue weighted by molar-refractivity contribution is 7.98. The predicted molar refractivity (Wildman–Crippen MR) is 82.2 cm³/mol. The molecule has 1 aromatic heterocycles. The molecule has 4 heteroatoms. The summed E-state index contributed by atoms with van der Waals surface area (Å²) < 4.78 is 0. The molecular formula is C14H21NOS2. The summed E-state index contributed by atoms with van der Waals surface area (Å²) >= 11 is 3.61. The topological polar surface area (TPSA) is 23.5 Å².